The molecule has 3 aromatic heterocycles. The molecule has 0 aliphatic heterocycles. The zero-order valence-electron chi connectivity index (χ0n) is 15.1. The van der Waals surface area contributed by atoms with E-state index in [1.807, 2.05) is 23.6 Å². The molecule has 0 aliphatic carbocycles. The lowest BCUT2D eigenvalue weighted by atomic mass is 10.2. The molecule has 0 aliphatic rings. The van der Waals surface area contributed by atoms with Crippen LogP contribution in [0.2, 0.25) is 0 Å². The zero-order valence-corrected chi connectivity index (χ0v) is 15.9. The van der Waals surface area contributed by atoms with Crippen LogP contribution in [0.4, 0.5) is 15.0 Å². The van der Waals surface area contributed by atoms with Gasteiger partial charge < -0.3 is 9.84 Å². The van der Waals surface area contributed by atoms with Crippen LogP contribution in [0.25, 0.3) is 22.7 Å². The first-order chi connectivity index (χ1) is 14.2. The molecule has 0 atom stereocenters. The number of carbonyl (C=O) groups is 1. The molecule has 2 N–H and O–H groups in total. The van der Waals surface area contributed by atoms with Crippen molar-refractivity contribution < 1.29 is 13.7 Å². The van der Waals surface area contributed by atoms with Gasteiger partial charge in [0.2, 0.25) is 0 Å². The lowest BCUT2D eigenvalue weighted by Crippen LogP contribution is -2.30. The molecular formula is C20H16FN5O2S. The minimum Gasteiger partial charge on any atom is -0.354 e. The zero-order chi connectivity index (χ0) is 20.1. The SMILES string of the molecule is O=C(NCCc1nc(-c2ccccn2)cs1)Nc1cc(-c2ccc(F)cc2)on1. The number of benzene rings is 1. The number of carbonyl (C=O) groups excluding carboxylic acids is 1. The summed E-state index contributed by atoms with van der Waals surface area (Å²) in [5.41, 5.74) is 2.31. The maximum atomic E-state index is 13.0. The molecule has 146 valence electrons. The van der Waals surface area contributed by atoms with Gasteiger partial charge in [0.15, 0.2) is 11.6 Å². The predicted molar refractivity (Wildman–Crippen MR) is 108 cm³/mol. The van der Waals surface area contributed by atoms with Gasteiger partial charge in [-0.05, 0) is 36.4 Å². The van der Waals surface area contributed by atoms with E-state index in [1.54, 1.807) is 24.4 Å². The number of nitrogens with one attached hydrogen (secondary N) is 2. The first-order valence-corrected chi connectivity index (χ1v) is 9.69. The second-order valence-electron chi connectivity index (χ2n) is 6.06. The fourth-order valence-electron chi connectivity index (χ4n) is 2.59. The molecule has 9 heteroatoms. The first kappa shape index (κ1) is 18.8. The fraction of sp³-hybridized carbons (Fsp3) is 0.100. The molecule has 7 nitrogen and oxygen atoms in total. The number of nitrogens with zero attached hydrogens (tertiary/aromatic N) is 3. The van der Waals surface area contributed by atoms with E-state index in [-0.39, 0.29) is 11.6 Å². The van der Waals surface area contributed by atoms with E-state index in [0.717, 1.165) is 16.4 Å². The van der Waals surface area contributed by atoms with Gasteiger partial charge in [-0.15, -0.1) is 11.3 Å². The summed E-state index contributed by atoms with van der Waals surface area (Å²) in [4.78, 5) is 20.8. The Morgan fingerprint density at radius 2 is 2.00 bits per heavy atom. The standard InChI is InChI=1S/C20H16FN5O2S/c21-14-6-4-13(5-7-14)17-11-18(26-28-17)25-20(27)23-10-8-19-24-16(12-29-19)15-3-1-2-9-22-15/h1-7,9,11-12H,8,10H2,(H2,23,25,26,27). The average molecular weight is 409 g/mol. The molecule has 0 spiro atoms. The molecule has 0 unspecified atom stereocenters. The van der Waals surface area contributed by atoms with Gasteiger partial charge in [-0.25, -0.2) is 14.2 Å². The van der Waals surface area contributed by atoms with E-state index >= 15 is 0 Å². The van der Waals surface area contributed by atoms with E-state index in [0.29, 0.717) is 24.3 Å². The van der Waals surface area contributed by atoms with Gasteiger partial charge in [0.1, 0.15) is 5.82 Å². The Labute approximate surface area is 169 Å². The average Bonchev–Trinajstić information content (AvgIpc) is 3.39. The maximum absolute atomic E-state index is 13.0. The van der Waals surface area contributed by atoms with E-state index in [9.17, 15) is 9.18 Å². The highest BCUT2D eigenvalue weighted by molar-refractivity contribution is 7.09. The highest BCUT2D eigenvalue weighted by atomic mass is 32.1. The molecule has 0 radical (unpaired) electrons. The van der Waals surface area contributed by atoms with E-state index < -0.39 is 6.03 Å². The molecule has 0 fully saturated rings. The van der Waals surface area contributed by atoms with E-state index in [2.05, 4.69) is 25.8 Å². The molecule has 4 aromatic rings. The summed E-state index contributed by atoms with van der Waals surface area (Å²) < 4.78 is 18.2. The second-order valence-corrected chi connectivity index (χ2v) is 7.00. The molecule has 29 heavy (non-hydrogen) atoms. The van der Waals surface area contributed by atoms with Crippen LogP contribution in [0.15, 0.2) is 64.6 Å². The third-order valence-electron chi connectivity index (χ3n) is 3.98. The minimum atomic E-state index is -0.398. The minimum absolute atomic E-state index is 0.272. The summed E-state index contributed by atoms with van der Waals surface area (Å²) in [7, 11) is 0. The van der Waals surface area contributed by atoms with Crippen molar-refractivity contribution in [3.8, 4) is 22.7 Å². The van der Waals surface area contributed by atoms with Crippen LogP contribution < -0.4 is 10.6 Å². The Kier molecular flexibility index (Phi) is 5.57. The summed E-state index contributed by atoms with van der Waals surface area (Å²) in [5, 5.41) is 12.0. The van der Waals surface area contributed by atoms with Crippen molar-refractivity contribution in [1.29, 1.82) is 0 Å². The smallest absolute Gasteiger partial charge is 0.320 e. The van der Waals surface area contributed by atoms with E-state index in [4.69, 9.17) is 4.52 Å². The van der Waals surface area contributed by atoms with Gasteiger partial charge in [-0.2, -0.15) is 0 Å². The van der Waals surface area contributed by atoms with Crippen molar-refractivity contribution in [3.05, 3.63) is 70.9 Å². The van der Waals surface area contributed by atoms with Crippen LogP contribution >= 0.6 is 11.3 Å². The molecule has 4 rings (SSSR count). The van der Waals surface area contributed by atoms with Gasteiger partial charge in [0.05, 0.1) is 16.4 Å². The molecule has 0 bridgehead atoms. The van der Waals surface area contributed by atoms with Crippen molar-refractivity contribution in [2.45, 2.75) is 6.42 Å². The van der Waals surface area contributed by atoms with Gasteiger partial charge in [-0.3, -0.25) is 10.3 Å². The molecular weight excluding hydrogens is 393 g/mol. The summed E-state index contributed by atoms with van der Waals surface area (Å²) in [6, 6.07) is 12.7. The van der Waals surface area contributed by atoms with Crippen LogP contribution in [0.3, 0.4) is 0 Å². The summed E-state index contributed by atoms with van der Waals surface area (Å²) in [6.07, 6.45) is 2.33. The molecule has 3 heterocycles. The van der Waals surface area contributed by atoms with Crippen LogP contribution in [0.1, 0.15) is 5.01 Å². The second kappa shape index (κ2) is 8.61. The maximum Gasteiger partial charge on any atom is 0.320 e. The van der Waals surface area contributed by atoms with Crippen LogP contribution in [-0.2, 0) is 6.42 Å². The number of thiazole rings is 1. The Hall–Kier alpha value is -3.59. The summed E-state index contributed by atoms with van der Waals surface area (Å²) >= 11 is 1.53. The fourth-order valence-corrected chi connectivity index (χ4v) is 3.38. The number of halogens is 1. The van der Waals surface area contributed by atoms with Gasteiger partial charge in [-0.1, -0.05) is 11.2 Å². The van der Waals surface area contributed by atoms with Crippen molar-refractivity contribution in [1.82, 2.24) is 20.4 Å². The van der Waals surface area contributed by atoms with Gasteiger partial charge >= 0.3 is 6.03 Å². The normalized spacial score (nSPS) is 10.7. The number of hydrogen-bond acceptors (Lipinski definition) is 6. The highest BCUT2D eigenvalue weighted by Crippen LogP contribution is 2.22. The number of rotatable bonds is 6. The summed E-state index contributed by atoms with van der Waals surface area (Å²) in [5.74, 6) is 0.372. The van der Waals surface area contributed by atoms with Gasteiger partial charge in [0, 0.05) is 36.2 Å². The lowest BCUT2D eigenvalue weighted by molar-refractivity contribution is 0.252. The Balaban J connectivity index is 1.27. The van der Waals surface area contributed by atoms with Gasteiger partial charge in [0.25, 0.3) is 0 Å². The molecule has 0 saturated heterocycles. The van der Waals surface area contributed by atoms with Crippen molar-refractivity contribution in [2.75, 3.05) is 11.9 Å². The van der Waals surface area contributed by atoms with Crippen LogP contribution in [-0.4, -0.2) is 27.7 Å². The number of urea groups is 1. The number of pyridine rings is 1. The summed E-state index contributed by atoms with van der Waals surface area (Å²) in [6.45, 7) is 0.420. The van der Waals surface area contributed by atoms with Crippen molar-refractivity contribution in [2.24, 2.45) is 0 Å². The monoisotopic (exact) mass is 409 g/mol. The predicted octanol–water partition coefficient (Wildman–Crippen LogP) is 4.36. The molecule has 2 amide bonds. The van der Waals surface area contributed by atoms with Crippen molar-refractivity contribution >= 4 is 23.2 Å². The Morgan fingerprint density at radius 1 is 1.14 bits per heavy atom. The first-order valence-electron chi connectivity index (χ1n) is 8.81. The van der Waals surface area contributed by atoms with Crippen molar-refractivity contribution in [3.63, 3.8) is 0 Å². The third-order valence-corrected chi connectivity index (χ3v) is 4.89. The molecule has 0 saturated carbocycles. The third kappa shape index (κ3) is 4.82. The number of amides is 2. The van der Waals surface area contributed by atoms with Crippen LogP contribution in [0.5, 0.6) is 0 Å². The number of aromatic nitrogens is 3. The topological polar surface area (TPSA) is 92.9 Å². The quantitative estimate of drug-likeness (QED) is 0.493. The lowest BCUT2D eigenvalue weighted by Gasteiger charge is -2.03. The highest BCUT2D eigenvalue weighted by Gasteiger charge is 2.10. The van der Waals surface area contributed by atoms with Crippen LogP contribution in [0, 0.1) is 5.82 Å². The Morgan fingerprint density at radius 3 is 2.79 bits per heavy atom. The largest absolute Gasteiger partial charge is 0.354 e. The van der Waals surface area contributed by atoms with E-state index in [1.165, 1.54) is 23.5 Å². The Bertz CT molecular complexity index is 1100. The number of anilines is 1. The number of hydrogen-bond donors (Lipinski definition) is 2. The molecule has 1 aromatic carbocycles.